The molecule has 0 bridgehead atoms. The number of amides is 2. The third-order valence-corrected chi connectivity index (χ3v) is 5.00. The summed E-state index contributed by atoms with van der Waals surface area (Å²) in [4.78, 5) is 28.7. The number of nitrogens with one attached hydrogen (secondary N) is 2. The Morgan fingerprint density at radius 1 is 1.16 bits per heavy atom. The van der Waals surface area contributed by atoms with Crippen LogP contribution in [0.1, 0.15) is 15.9 Å². The fourth-order valence-electron chi connectivity index (χ4n) is 3.47. The maximum absolute atomic E-state index is 12.3. The summed E-state index contributed by atoms with van der Waals surface area (Å²) in [5, 5.41) is 6.66. The van der Waals surface area contributed by atoms with Crippen molar-refractivity contribution in [3.05, 3.63) is 66.0 Å². The van der Waals surface area contributed by atoms with Gasteiger partial charge in [0.15, 0.2) is 0 Å². The molecule has 158 valence electrons. The highest BCUT2D eigenvalue weighted by molar-refractivity contribution is 6.00. The molecule has 4 rings (SSSR count). The van der Waals surface area contributed by atoms with Crippen LogP contribution in [0.5, 0.6) is 11.5 Å². The Balaban J connectivity index is 1.69. The van der Waals surface area contributed by atoms with E-state index in [4.69, 9.17) is 4.74 Å². The van der Waals surface area contributed by atoms with E-state index in [1.807, 2.05) is 19.1 Å². The number of nitrogens with zero attached hydrogens (tertiary/aromatic N) is 2. The van der Waals surface area contributed by atoms with Crippen molar-refractivity contribution in [3.8, 4) is 11.5 Å². The first-order valence-electron chi connectivity index (χ1n) is 9.76. The van der Waals surface area contributed by atoms with Gasteiger partial charge in [-0.05, 0) is 55.0 Å². The van der Waals surface area contributed by atoms with Gasteiger partial charge in [0.2, 0.25) is 0 Å². The molecule has 2 N–H and O–H groups in total. The molecule has 0 aliphatic heterocycles. The van der Waals surface area contributed by atoms with Gasteiger partial charge in [0, 0.05) is 42.3 Å². The van der Waals surface area contributed by atoms with Crippen molar-refractivity contribution in [2.24, 2.45) is 0 Å². The molecule has 0 saturated heterocycles. The van der Waals surface area contributed by atoms with Crippen molar-refractivity contribution in [1.29, 1.82) is 0 Å². The largest absolute Gasteiger partial charge is 0.457 e. The van der Waals surface area contributed by atoms with Crippen LogP contribution in [-0.4, -0.2) is 41.8 Å². The van der Waals surface area contributed by atoms with E-state index in [0.717, 1.165) is 21.9 Å². The summed E-state index contributed by atoms with van der Waals surface area (Å²) in [7, 11) is 1.59. The number of hydrogen-bond acceptors (Lipinski definition) is 4. The minimum Gasteiger partial charge on any atom is -0.457 e. The summed E-state index contributed by atoms with van der Waals surface area (Å²) < 4.78 is 19.9. The van der Waals surface area contributed by atoms with Crippen LogP contribution < -0.4 is 15.4 Å². The van der Waals surface area contributed by atoms with Gasteiger partial charge in [0.25, 0.3) is 5.91 Å². The summed E-state index contributed by atoms with van der Waals surface area (Å²) in [6.45, 7) is 1.21. The Morgan fingerprint density at radius 3 is 2.77 bits per heavy atom. The molecule has 2 aromatic carbocycles. The van der Waals surface area contributed by atoms with Gasteiger partial charge in [0.05, 0.1) is 11.0 Å². The predicted octanol–water partition coefficient (Wildman–Crippen LogP) is 4.18. The summed E-state index contributed by atoms with van der Waals surface area (Å²) in [6, 6.07) is 12.1. The van der Waals surface area contributed by atoms with Crippen LogP contribution in [0.25, 0.3) is 21.8 Å². The summed E-state index contributed by atoms with van der Waals surface area (Å²) in [6.07, 6.45) is 3.28. The molecule has 0 fully saturated rings. The summed E-state index contributed by atoms with van der Waals surface area (Å²) in [5.41, 5.74) is 2.78. The van der Waals surface area contributed by atoms with Gasteiger partial charge in [0.1, 0.15) is 18.2 Å². The molecule has 31 heavy (non-hydrogen) atoms. The average molecular weight is 420 g/mol. The standard InChI is InChI=1S/C23H21FN4O3/c1-14-11-19-18(13-17(14)22(29)25-2)21(5-8-26-19)31-16-3-4-20-15(12-16)6-10-28(20)23(30)27-9-7-24/h3-6,8,10-13H,7,9H2,1-2H3,(H,25,29)(H,27,30). The quantitative estimate of drug-likeness (QED) is 0.507. The van der Waals surface area contributed by atoms with Gasteiger partial charge in [-0.15, -0.1) is 0 Å². The number of pyridine rings is 1. The molecule has 0 unspecified atom stereocenters. The monoisotopic (exact) mass is 420 g/mol. The molecule has 0 spiro atoms. The van der Waals surface area contributed by atoms with Crippen LogP contribution >= 0.6 is 0 Å². The molecule has 4 aromatic rings. The lowest BCUT2D eigenvalue weighted by atomic mass is 10.0. The van der Waals surface area contributed by atoms with Gasteiger partial charge in [-0.3, -0.25) is 14.3 Å². The zero-order valence-corrected chi connectivity index (χ0v) is 17.1. The number of rotatable bonds is 5. The molecule has 7 nitrogen and oxygen atoms in total. The first kappa shape index (κ1) is 20.3. The Labute approximate surface area is 177 Å². The second-order valence-corrected chi connectivity index (χ2v) is 7.00. The smallest absolute Gasteiger partial charge is 0.326 e. The number of carbonyl (C=O) groups excluding carboxylic acids is 2. The zero-order chi connectivity index (χ0) is 22.0. The lowest BCUT2D eigenvalue weighted by Crippen LogP contribution is -2.29. The first-order valence-corrected chi connectivity index (χ1v) is 9.76. The molecule has 0 atom stereocenters. The number of carbonyl (C=O) groups is 2. The second-order valence-electron chi connectivity index (χ2n) is 7.00. The van der Waals surface area contributed by atoms with E-state index >= 15 is 0 Å². The first-order chi connectivity index (χ1) is 15.0. The number of hydrogen-bond donors (Lipinski definition) is 2. The Bertz CT molecular complexity index is 1300. The van der Waals surface area contributed by atoms with E-state index in [-0.39, 0.29) is 12.5 Å². The minimum atomic E-state index is -0.621. The van der Waals surface area contributed by atoms with Gasteiger partial charge >= 0.3 is 6.03 Å². The number of halogens is 1. The van der Waals surface area contributed by atoms with Crippen LogP contribution in [0.15, 0.2) is 54.9 Å². The third kappa shape index (κ3) is 3.92. The van der Waals surface area contributed by atoms with E-state index in [1.165, 1.54) is 4.57 Å². The number of fused-ring (bicyclic) bond motifs is 2. The number of alkyl halides is 1. The Kier molecular flexibility index (Phi) is 5.53. The van der Waals surface area contributed by atoms with Gasteiger partial charge in [-0.25, -0.2) is 9.18 Å². The summed E-state index contributed by atoms with van der Waals surface area (Å²) >= 11 is 0. The van der Waals surface area contributed by atoms with Crippen molar-refractivity contribution in [2.75, 3.05) is 20.3 Å². The maximum atomic E-state index is 12.3. The molecule has 2 heterocycles. The number of ether oxygens (including phenoxy) is 1. The van der Waals surface area contributed by atoms with Gasteiger partial charge < -0.3 is 15.4 Å². The van der Waals surface area contributed by atoms with Crippen molar-refractivity contribution in [2.45, 2.75) is 6.92 Å². The lowest BCUT2D eigenvalue weighted by Gasteiger charge is -2.12. The lowest BCUT2D eigenvalue weighted by molar-refractivity contribution is 0.0962. The fourth-order valence-corrected chi connectivity index (χ4v) is 3.47. The third-order valence-electron chi connectivity index (χ3n) is 5.00. The predicted molar refractivity (Wildman–Crippen MR) is 117 cm³/mol. The van der Waals surface area contributed by atoms with Crippen LogP contribution in [0.2, 0.25) is 0 Å². The molecule has 0 radical (unpaired) electrons. The molecule has 2 aromatic heterocycles. The topological polar surface area (TPSA) is 85.2 Å². The van der Waals surface area contributed by atoms with Crippen molar-refractivity contribution >= 4 is 33.7 Å². The maximum Gasteiger partial charge on any atom is 0.326 e. The van der Waals surface area contributed by atoms with Crippen molar-refractivity contribution in [1.82, 2.24) is 20.2 Å². The summed E-state index contributed by atoms with van der Waals surface area (Å²) in [5.74, 6) is 0.960. The molecular formula is C23H21FN4O3. The van der Waals surface area contributed by atoms with E-state index < -0.39 is 12.7 Å². The van der Waals surface area contributed by atoms with E-state index in [9.17, 15) is 14.0 Å². The van der Waals surface area contributed by atoms with E-state index in [1.54, 1.807) is 49.8 Å². The van der Waals surface area contributed by atoms with Crippen molar-refractivity contribution < 1.29 is 18.7 Å². The molecule has 0 aliphatic rings. The second kappa shape index (κ2) is 8.43. The Hall–Kier alpha value is -3.94. The van der Waals surface area contributed by atoms with E-state index in [2.05, 4.69) is 15.6 Å². The average Bonchev–Trinajstić information content (AvgIpc) is 3.20. The molecule has 0 aliphatic carbocycles. The van der Waals surface area contributed by atoms with Crippen LogP contribution in [0, 0.1) is 6.92 Å². The van der Waals surface area contributed by atoms with Crippen LogP contribution in [0.4, 0.5) is 9.18 Å². The van der Waals surface area contributed by atoms with Crippen molar-refractivity contribution in [3.63, 3.8) is 0 Å². The minimum absolute atomic E-state index is 0.0354. The van der Waals surface area contributed by atoms with Crippen LogP contribution in [0.3, 0.4) is 0 Å². The fraction of sp³-hybridized carbons (Fsp3) is 0.174. The van der Waals surface area contributed by atoms with Crippen LogP contribution in [-0.2, 0) is 0 Å². The number of benzene rings is 2. The number of aryl methyl sites for hydroxylation is 1. The SMILES string of the molecule is CNC(=O)c1cc2c(Oc3ccc4c(ccn4C(=O)NCCF)c3)ccnc2cc1C. The molecular weight excluding hydrogens is 399 g/mol. The zero-order valence-electron chi connectivity index (χ0n) is 17.1. The highest BCUT2D eigenvalue weighted by Gasteiger charge is 2.14. The van der Waals surface area contributed by atoms with Gasteiger partial charge in [-0.2, -0.15) is 0 Å². The highest BCUT2D eigenvalue weighted by atomic mass is 19.1. The van der Waals surface area contributed by atoms with Gasteiger partial charge in [-0.1, -0.05) is 0 Å². The Morgan fingerprint density at radius 2 is 2.00 bits per heavy atom. The molecule has 8 heteroatoms. The van der Waals surface area contributed by atoms with E-state index in [0.29, 0.717) is 22.6 Å². The normalized spacial score (nSPS) is 10.9. The number of aromatic nitrogens is 2. The molecule has 2 amide bonds. The highest BCUT2D eigenvalue weighted by Crippen LogP contribution is 2.32. The molecule has 0 saturated carbocycles.